The second kappa shape index (κ2) is 6.23. The number of nitrogens with two attached hydrogens (primary N) is 1. The lowest BCUT2D eigenvalue weighted by Crippen LogP contribution is -2.16. The zero-order valence-corrected chi connectivity index (χ0v) is 13.6. The highest BCUT2D eigenvalue weighted by molar-refractivity contribution is 7.65. The Kier molecular flexibility index (Phi) is 4.13. The van der Waals surface area contributed by atoms with E-state index < -0.39 is 0 Å². The first-order valence-corrected chi connectivity index (χ1v) is 8.19. The molecule has 0 aliphatic carbocycles. The van der Waals surface area contributed by atoms with Crippen LogP contribution in [-0.4, -0.2) is 20.7 Å². The summed E-state index contributed by atoms with van der Waals surface area (Å²) in [5.41, 5.74) is 7.35. The number of aryl methyl sites for hydroxylation is 1. The number of rotatable bonds is 4. The smallest absolute Gasteiger partial charge is 0.368 e. The second-order valence-corrected chi connectivity index (χ2v) is 6.23. The van der Waals surface area contributed by atoms with Gasteiger partial charge in [0.15, 0.2) is 0 Å². The van der Waals surface area contributed by atoms with Crippen LogP contribution in [0.3, 0.4) is 0 Å². The van der Waals surface area contributed by atoms with Crippen molar-refractivity contribution in [3.8, 4) is 0 Å². The molecule has 2 heterocycles. The number of nitrogens with zero attached hydrogens (tertiary/aromatic N) is 3. The van der Waals surface area contributed by atoms with Gasteiger partial charge in [-0.3, -0.25) is 4.79 Å². The molecule has 0 aliphatic heterocycles. The minimum Gasteiger partial charge on any atom is -0.368 e. The van der Waals surface area contributed by atoms with Crippen molar-refractivity contribution in [2.24, 2.45) is 0 Å². The van der Waals surface area contributed by atoms with E-state index in [9.17, 15) is 9.00 Å². The van der Waals surface area contributed by atoms with Crippen LogP contribution in [0.4, 0.5) is 17.6 Å². The van der Waals surface area contributed by atoms with Crippen molar-refractivity contribution in [3.05, 3.63) is 46.2 Å². The number of nitrogens with one attached hydrogen (secondary N) is 1. The van der Waals surface area contributed by atoms with Gasteiger partial charge in [-0.2, -0.15) is 9.67 Å². The number of carbonyl (C=O) groups excluding carboxylic acids is 1. The van der Waals surface area contributed by atoms with E-state index in [0.717, 1.165) is 10.2 Å². The molecule has 3 rings (SSSR count). The highest BCUT2D eigenvalue weighted by Gasteiger charge is 2.19. The molecule has 3 N–H and O–H groups in total. The van der Waals surface area contributed by atoms with Crippen LogP contribution in [0.25, 0.3) is 0 Å². The van der Waals surface area contributed by atoms with Crippen LogP contribution < -0.4 is 11.1 Å². The fraction of sp³-hybridized carbons (Fsp3) is 0.0714. The summed E-state index contributed by atoms with van der Waals surface area (Å²) in [6, 6.07) is 8.67. The van der Waals surface area contributed by atoms with Crippen molar-refractivity contribution in [2.45, 2.75) is 11.8 Å². The zero-order valence-electron chi connectivity index (χ0n) is 12.0. The number of anilines is 3. The normalized spacial score (nSPS) is 10.5. The monoisotopic (exact) mass is 346 g/mol. The Morgan fingerprint density at radius 1 is 1.30 bits per heavy atom. The highest BCUT2D eigenvalue weighted by Crippen LogP contribution is 2.20. The van der Waals surface area contributed by atoms with Gasteiger partial charge in [-0.25, -0.2) is 0 Å². The number of carbonyl (C=O) groups is 1. The SMILES string of the molecule is Cc1ccsc1C(=O)n1nc(Nc2ccc([S+]=O)cc2)nc1N. The van der Waals surface area contributed by atoms with Gasteiger partial charge in [0.2, 0.25) is 11.9 Å². The van der Waals surface area contributed by atoms with Crippen LogP contribution in [0.2, 0.25) is 0 Å². The third kappa shape index (κ3) is 3.10. The molecular weight excluding hydrogens is 334 g/mol. The van der Waals surface area contributed by atoms with Gasteiger partial charge < -0.3 is 11.1 Å². The van der Waals surface area contributed by atoms with Crippen molar-refractivity contribution in [2.75, 3.05) is 11.1 Å². The van der Waals surface area contributed by atoms with Gasteiger partial charge in [-0.15, -0.1) is 16.4 Å². The molecule has 0 unspecified atom stereocenters. The van der Waals surface area contributed by atoms with Gasteiger partial charge in [0.25, 0.3) is 10.8 Å². The quantitative estimate of drug-likeness (QED) is 0.703. The van der Waals surface area contributed by atoms with Crippen LogP contribution in [-0.2, 0) is 15.9 Å². The lowest BCUT2D eigenvalue weighted by atomic mass is 10.3. The largest absolute Gasteiger partial charge is 0.505 e. The van der Waals surface area contributed by atoms with Crippen molar-refractivity contribution >= 4 is 46.5 Å². The summed E-state index contributed by atoms with van der Waals surface area (Å²) in [7, 11) is 0. The Labute approximate surface area is 139 Å². The summed E-state index contributed by atoms with van der Waals surface area (Å²) in [6.07, 6.45) is 0. The summed E-state index contributed by atoms with van der Waals surface area (Å²) in [5.74, 6) is -0.0849. The Morgan fingerprint density at radius 3 is 2.65 bits per heavy atom. The molecule has 0 bridgehead atoms. The van der Waals surface area contributed by atoms with E-state index in [1.807, 2.05) is 18.4 Å². The molecule has 1 aromatic carbocycles. The lowest BCUT2D eigenvalue weighted by molar-refractivity contribution is 0.0951. The van der Waals surface area contributed by atoms with Crippen molar-refractivity contribution in [1.82, 2.24) is 14.8 Å². The molecule has 0 spiro atoms. The van der Waals surface area contributed by atoms with Gasteiger partial charge in [0, 0.05) is 22.0 Å². The van der Waals surface area contributed by atoms with E-state index in [0.29, 0.717) is 27.1 Å². The van der Waals surface area contributed by atoms with Crippen molar-refractivity contribution in [1.29, 1.82) is 0 Å². The third-order valence-corrected chi connectivity index (χ3v) is 4.56. The van der Waals surface area contributed by atoms with E-state index in [1.54, 1.807) is 24.3 Å². The predicted molar refractivity (Wildman–Crippen MR) is 89.3 cm³/mol. The van der Waals surface area contributed by atoms with Crippen LogP contribution in [0, 0.1) is 6.92 Å². The van der Waals surface area contributed by atoms with Gasteiger partial charge >= 0.3 is 11.7 Å². The Hall–Kier alpha value is -2.65. The number of benzene rings is 1. The molecule has 0 amide bonds. The average Bonchev–Trinajstić information content (AvgIpc) is 3.13. The van der Waals surface area contributed by atoms with E-state index in [2.05, 4.69) is 15.4 Å². The minimum atomic E-state index is -0.311. The summed E-state index contributed by atoms with van der Waals surface area (Å²) in [4.78, 5) is 17.7. The molecule has 7 nitrogen and oxygen atoms in total. The third-order valence-electron chi connectivity index (χ3n) is 3.09. The van der Waals surface area contributed by atoms with Crippen molar-refractivity contribution in [3.63, 3.8) is 0 Å². The zero-order chi connectivity index (χ0) is 16.4. The Balaban J connectivity index is 1.84. The molecule has 116 valence electrons. The maximum absolute atomic E-state index is 12.4. The molecule has 0 saturated carbocycles. The summed E-state index contributed by atoms with van der Waals surface area (Å²) in [5, 5.41) is 8.89. The fourth-order valence-corrected chi connectivity index (χ4v) is 3.03. The van der Waals surface area contributed by atoms with Gasteiger partial charge in [-0.05, 0) is 36.1 Å². The summed E-state index contributed by atoms with van der Waals surface area (Å²) < 4.78 is 11.8. The van der Waals surface area contributed by atoms with Crippen LogP contribution in [0.15, 0.2) is 40.6 Å². The number of hydrogen-bond acceptors (Lipinski definition) is 7. The summed E-state index contributed by atoms with van der Waals surface area (Å²) in [6.45, 7) is 1.85. The van der Waals surface area contributed by atoms with Crippen molar-refractivity contribution < 1.29 is 9.00 Å². The first-order valence-electron chi connectivity index (χ1n) is 6.56. The molecule has 0 atom stereocenters. The number of nitrogen functional groups attached to an aromatic ring is 1. The second-order valence-electron chi connectivity index (χ2n) is 4.68. The van der Waals surface area contributed by atoms with Crippen LogP contribution in [0.1, 0.15) is 15.2 Å². The van der Waals surface area contributed by atoms with Gasteiger partial charge in [0.1, 0.15) is 0 Å². The Bertz CT molecular complexity index is 870. The lowest BCUT2D eigenvalue weighted by Gasteiger charge is -2.00. The molecule has 23 heavy (non-hydrogen) atoms. The first kappa shape index (κ1) is 15.3. The highest BCUT2D eigenvalue weighted by atomic mass is 32.1. The topological polar surface area (TPSA) is 103 Å². The maximum atomic E-state index is 12.4. The fourth-order valence-electron chi connectivity index (χ4n) is 1.94. The molecule has 9 heteroatoms. The standard InChI is InChI=1S/C14H12N5O2S2/c1-8-6-7-22-11(8)12(20)19-13(15)17-14(18-19)16-9-2-4-10(23-21)5-3-9/h2-7H,1H3,(H3,15,16,17,18)/q+1. The molecule has 2 aromatic heterocycles. The Morgan fingerprint density at radius 2 is 2.04 bits per heavy atom. The minimum absolute atomic E-state index is 0.0111. The van der Waals surface area contributed by atoms with Crippen LogP contribution in [0.5, 0.6) is 0 Å². The molecule has 0 fully saturated rings. The molecule has 0 radical (unpaired) electrons. The number of hydrogen-bond donors (Lipinski definition) is 2. The first-order chi connectivity index (χ1) is 11.1. The van der Waals surface area contributed by atoms with E-state index >= 15 is 0 Å². The van der Waals surface area contributed by atoms with E-state index in [-0.39, 0.29) is 17.8 Å². The maximum Gasteiger partial charge on any atom is 0.505 e. The predicted octanol–water partition coefficient (Wildman–Crippen LogP) is 2.45. The van der Waals surface area contributed by atoms with E-state index in [1.165, 1.54) is 11.3 Å². The molecule has 0 aliphatic rings. The number of thiophene rings is 1. The molecule has 3 aromatic rings. The average molecular weight is 346 g/mol. The molecule has 0 saturated heterocycles. The summed E-state index contributed by atoms with van der Waals surface area (Å²) >= 11 is 1.75. The van der Waals surface area contributed by atoms with Gasteiger partial charge in [-0.1, -0.05) is 0 Å². The number of aromatic nitrogens is 3. The van der Waals surface area contributed by atoms with Crippen LogP contribution >= 0.6 is 11.3 Å². The van der Waals surface area contributed by atoms with Gasteiger partial charge in [0.05, 0.1) is 4.88 Å². The molecular formula is C14H12N5O2S2+. The van der Waals surface area contributed by atoms with E-state index in [4.69, 9.17) is 5.73 Å².